The van der Waals surface area contributed by atoms with Crippen molar-refractivity contribution in [3.05, 3.63) is 70.4 Å². The van der Waals surface area contributed by atoms with Crippen molar-refractivity contribution in [2.75, 3.05) is 23.4 Å². The van der Waals surface area contributed by atoms with Crippen molar-refractivity contribution in [3.63, 3.8) is 0 Å². The van der Waals surface area contributed by atoms with Crippen molar-refractivity contribution in [2.45, 2.75) is 30.2 Å². The van der Waals surface area contributed by atoms with E-state index in [1.54, 1.807) is 25.0 Å². The molecule has 1 aliphatic rings. The number of hydrogen-bond donors (Lipinski definition) is 2. The molecule has 7 nitrogen and oxygen atoms in total. The Kier molecular flexibility index (Phi) is 6.31. The van der Waals surface area contributed by atoms with Crippen LogP contribution in [0.3, 0.4) is 0 Å². The SMILES string of the molecule is [C-]#[N+]C1(c2ccc(-c3cnc(C(=O)Nc4cc(Cl)nnc4NC)c(SCC)c3)cc2)CC1. The first-order chi connectivity index (χ1) is 15.5. The maximum atomic E-state index is 13.0. The summed E-state index contributed by atoms with van der Waals surface area (Å²) < 4.78 is 0. The van der Waals surface area contributed by atoms with Gasteiger partial charge in [0, 0.05) is 48.2 Å². The Labute approximate surface area is 195 Å². The summed E-state index contributed by atoms with van der Waals surface area (Å²) in [5.41, 5.74) is 3.42. The summed E-state index contributed by atoms with van der Waals surface area (Å²) in [6.45, 7) is 9.46. The Morgan fingerprint density at radius 2 is 1.97 bits per heavy atom. The van der Waals surface area contributed by atoms with Gasteiger partial charge >= 0.3 is 0 Å². The summed E-state index contributed by atoms with van der Waals surface area (Å²) in [7, 11) is 1.69. The van der Waals surface area contributed by atoms with Crippen molar-refractivity contribution >= 4 is 40.8 Å². The van der Waals surface area contributed by atoms with Gasteiger partial charge in [0.15, 0.2) is 11.0 Å². The van der Waals surface area contributed by atoms with Gasteiger partial charge in [0.25, 0.3) is 11.4 Å². The van der Waals surface area contributed by atoms with Crippen LogP contribution in [0.1, 0.15) is 35.8 Å². The maximum Gasteiger partial charge on any atom is 0.275 e. The van der Waals surface area contributed by atoms with Crippen LogP contribution in [0.15, 0.2) is 47.5 Å². The van der Waals surface area contributed by atoms with Gasteiger partial charge < -0.3 is 15.5 Å². The maximum absolute atomic E-state index is 13.0. The molecule has 0 atom stereocenters. The van der Waals surface area contributed by atoms with E-state index in [2.05, 4.69) is 30.7 Å². The number of halogens is 1. The molecule has 2 heterocycles. The fourth-order valence-electron chi connectivity index (χ4n) is 3.42. The number of amides is 1. The van der Waals surface area contributed by atoms with E-state index in [-0.39, 0.29) is 16.6 Å². The molecule has 32 heavy (non-hydrogen) atoms. The van der Waals surface area contributed by atoms with Crippen molar-refractivity contribution in [2.24, 2.45) is 0 Å². The summed E-state index contributed by atoms with van der Waals surface area (Å²) >= 11 is 7.49. The first-order valence-electron chi connectivity index (χ1n) is 10.1. The van der Waals surface area contributed by atoms with E-state index >= 15 is 0 Å². The van der Waals surface area contributed by atoms with Crippen LogP contribution in [-0.4, -0.2) is 33.9 Å². The normalized spacial score (nSPS) is 13.8. The van der Waals surface area contributed by atoms with Gasteiger partial charge in [-0.25, -0.2) is 11.6 Å². The molecule has 1 saturated carbocycles. The molecular formula is C23H21ClN6OS. The minimum Gasteiger partial charge on any atom is -0.370 e. The van der Waals surface area contributed by atoms with Gasteiger partial charge in [-0.3, -0.25) is 4.79 Å². The van der Waals surface area contributed by atoms with Gasteiger partial charge in [-0.15, -0.1) is 22.0 Å². The van der Waals surface area contributed by atoms with E-state index in [4.69, 9.17) is 18.2 Å². The predicted octanol–water partition coefficient (Wildman–Crippen LogP) is 5.51. The van der Waals surface area contributed by atoms with E-state index in [0.717, 1.165) is 40.2 Å². The summed E-state index contributed by atoms with van der Waals surface area (Å²) in [6, 6.07) is 11.6. The standard InChI is InChI=1S/C23H21ClN6OS/c1-4-32-18-11-15(14-5-7-16(8-6-14)23(26-3)9-10-23)13-27-20(18)22(31)28-17-12-19(24)29-30-21(17)25-2/h5-8,11-13H,4,9-10H2,1-2H3,(H,25,30)(H,28,29,31). The Hall–Kier alpha value is -3.15. The fraction of sp³-hybridized carbons (Fsp3) is 0.261. The highest BCUT2D eigenvalue weighted by atomic mass is 35.5. The van der Waals surface area contributed by atoms with Gasteiger partial charge in [-0.1, -0.05) is 42.8 Å². The molecule has 1 fully saturated rings. The molecule has 0 saturated heterocycles. The highest BCUT2D eigenvalue weighted by Gasteiger charge is 2.52. The average molecular weight is 465 g/mol. The van der Waals surface area contributed by atoms with Crippen LogP contribution in [0.25, 0.3) is 16.0 Å². The summed E-state index contributed by atoms with van der Waals surface area (Å²) in [5, 5.41) is 13.6. The molecule has 0 aliphatic heterocycles. The quantitative estimate of drug-likeness (QED) is 0.354. The van der Waals surface area contributed by atoms with Gasteiger partial charge in [-0.2, -0.15) is 0 Å². The average Bonchev–Trinajstić information content (AvgIpc) is 3.61. The second kappa shape index (κ2) is 9.15. The third kappa shape index (κ3) is 4.40. The largest absolute Gasteiger partial charge is 0.370 e. The Bertz CT molecular complexity index is 1200. The van der Waals surface area contributed by atoms with Gasteiger partial charge in [0.2, 0.25) is 0 Å². The number of rotatable bonds is 7. The smallest absolute Gasteiger partial charge is 0.275 e. The molecule has 1 aliphatic carbocycles. The van der Waals surface area contributed by atoms with Gasteiger partial charge in [0.05, 0.1) is 5.69 Å². The first-order valence-corrected chi connectivity index (χ1v) is 11.5. The molecule has 2 N–H and O–H groups in total. The van der Waals surface area contributed by atoms with E-state index in [9.17, 15) is 4.79 Å². The van der Waals surface area contributed by atoms with E-state index in [1.807, 2.05) is 37.3 Å². The zero-order valence-electron chi connectivity index (χ0n) is 17.6. The Morgan fingerprint density at radius 3 is 2.59 bits per heavy atom. The summed E-state index contributed by atoms with van der Waals surface area (Å²) in [6.07, 6.45) is 3.54. The molecule has 9 heteroatoms. The lowest BCUT2D eigenvalue weighted by Gasteiger charge is -2.13. The van der Waals surface area contributed by atoms with Crippen LogP contribution < -0.4 is 10.6 Å². The zero-order chi connectivity index (χ0) is 22.7. The molecule has 4 rings (SSSR count). The number of carbonyl (C=O) groups is 1. The molecule has 0 radical (unpaired) electrons. The first kappa shape index (κ1) is 22.1. The van der Waals surface area contributed by atoms with Gasteiger partial charge in [0.1, 0.15) is 5.69 Å². The molecule has 3 aromatic rings. The highest BCUT2D eigenvalue weighted by Crippen LogP contribution is 2.49. The topological polar surface area (TPSA) is 84.2 Å². The van der Waals surface area contributed by atoms with Crippen molar-refractivity contribution in [1.82, 2.24) is 15.2 Å². The van der Waals surface area contributed by atoms with E-state index < -0.39 is 0 Å². The van der Waals surface area contributed by atoms with Crippen molar-refractivity contribution < 1.29 is 4.79 Å². The number of nitrogens with zero attached hydrogens (tertiary/aromatic N) is 4. The molecule has 1 amide bonds. The van der Waals surface area contributed by atoms with Crippen molar-refractivity contribution in [3.8, 4) is 11.1 Å². The predicted molar refractivity (Wildman–Crippen MR) is 128 cm³/mol. The minimum atomic E-state index is -0.351. The van der Waals surface area contributed by atoms with Crippen molar-refractivity contribution in [1.29, 1.82) is 0 Å². The molecule has 162 valence electrons. The third-order valence-electron chi connectivity index (χ3n) is 5.31. The molecule has 0 bridgehead atoms. The van der Waals surface area contributed by atoms with Crippen LogP contribution in [0.4, 0.5) is 11.5 Å². The Balaban J connectivity index is 1.61. The molecule has 1 aromatic carbocycles. The Morgan fingerprint density at radius 1 is 1.22 bits per heavy atom. The monoisotopic (exact) mass is 464 g/mol. The third-order valence-corrected chi connectivity index (χ3v) is 6.41. The van der Waals surface area contributed by atoms with Crippen LogP contribution in [-0.2, 0) is 5.54 Å². The number of aromatic nitrogens is 3. The van der Waals surface area contributed by atoms with Crippen LogP contribution in [0.2, 0.25) is 5.15 Å². The van der Waals surface area contributed by atoms with Gasteiger partial charge in [-0.05, 0) is 17.4 Å². The molecule has 2 aromatic heterocycles. The second-order valence-corrected chi connectivity index (χ2v) is 9.05. The van der Waals surface area contributed by atoms with Crippen LogP contribution in [0.5, 0.6) is 0 Å². The number of hydrogen-bond acceptors (Lipinski definition) is 6. The lowest BCUT2D eigenvalue weighted by Crippen LogP contribution is -2.16. The second-order valence-electron chi connectivity index (χ2n) is 7.36. The van der Waals surface area contributed by atoms with E-state index in [0.29, 0.717) is 17.2 Å². The number of benzene rings is 1. The lowest BCUT2D eigenvalue weighted by molar-refractivity contribution is 0.101. The fourth-order valence-corrected chi connectivity index (χ4v) is 4.37. The molecule has 0 unspecified atom stereocenters. The highest BCUT2D eigenvalue weighted by molar-refractivity contribution is 7.99. The molecule has 0 spiro atoms. The number of anilines is 2. The number of nitrogens with one attached hydrogen (secondary N) is 2. The minimum absolute atomic E-state index is 0.181. The van der Waals surface area contributed by atoms with Crippen LogP contribution >= 0.6 is 23.4 Å². The summed E-state index contributed by atoms with van der Waals surface area (Å²) in [4.78, 5) is 22.1. The van der Waals surface area contributed by atoms with E-state index in [1.165, 1.54) is 6.07 Å². The number of pyridine rings is 1. The lowest BCUT2D eigenvalue weighted by atomic mass is 10.0. The molecular weight excluding hydrogens is 444 g/mol. The zero-order valence-corrected chi connectivity index (χ0v) is 19.2. The number of carbonyl (C=O) groups excluding carboxylic acids is 1. The summed E-state index contributed by atoms with van der Waals surface area (Å²) in [5.74, 6) is 0.857. The van der Waals surface area contributed by atoms with Crippen LogP contribution in [0, 0.1) is 6.57 Å². The number of thioether (sulfide) groups is 1.